The molecule has 29 heavy (non-hydrogen) atoms. The molecule has 11 heteroatoms. The molecule has 2 heterocycles. The third-order valence-electron chi connectivity index (χ3n) is 4.29. The summed E-state index contributed by atoms with van der Waals surface area (Å²) in [5.74, 6) is -0.134. The molecular weight excluding hydrogens is 380 g/mol. The van der Waals surface area contributed by atoms with Crippen LogP contribution in [0.4, 0.5) is 0 Å². The van der Waals surface area contributed by atoms with Gasteiger partial charge in [0.25, 0.3) is 17.1 Å². The number of phenolic OH excluding ortho intramolecular Hbond substituents is 1. The number of nitrogens with one attached hydrogen (secondary N) is 2. The number of imidazole rings is 1. The number of rotatable bonds is 6. The van der Waals surface area contributed by atoms with E-state index in [9.17, 15) is 19.5 Å². The van der Waals surface area contributed by atoms with Crippen molar-refractivity contribution in [1.82, 2.24) is 19.5 Å². The number of nitrogens with zero attached hydrogens (tertiary/aromatic N) is 4. The molecule has 0 atom stereocenters. The van der Waals surface area contributed by atoms with E-state index in [4.69, 9.17) is 4.74 Å². The maximum absolute atomic E-state index is 12.4. The quantitative estimate of drug-likeness (QED) is 0.280. The Morgan fingerprint density at radius 1 is 1.34 bits per heavy atom. The van der Waals surface area contributed by atoms with Crippen molar-refractivity contribution in [3.05, 3.63) is 50.9 Å². The van der Waals surface area contributed by atoms with Gasteiger partial charge >= 0.3 is 11.2 Å². The number of aromatic amines is 1. The molecule has 11 nitrogen and oxygen atoms in total. The summed E-state index contributed by atoms with van der Waals surface area (Å²) in [6.45, 7) is 2.02. The summed E-state index contributed by atoms with van der Waals surface area (Å²) >= 11 is 0. The van der Waals surface area contributed by atoms with Crippen molar-refractivity contribution < 1.29 is 19.2 Å². The zero-order valence-electron chi connectivity index (χ0n) is 16.2. The van der Waals surface area contributed by atoms with Crippen molar-refractivity contribution in [3.8, 4) is 11.5 Å². The summed E-state index contributed by atoms with van der Waals surface area (Å²) in [6.07, 6.45) is 2.85. The largest absolute Gasteiger partial charge is 0.504 e. The molecule has 152 valence electrons. The minimum Gasteiger partial charge on any atom is -0.504 e. The van der Waals surface area contributed by atoms with Gasteiger partial charge in [-0.05, 0) is 30.7 Å². The van der Waals surface area contributed by atoms with Crippen molar-refractivity contribution in [3.63, 3.8) is 0 Å². The Morgan fingerprint density at radius 2 is 2.10 bits per heavy atom. The maximum atomic E-state index is 12.4. The Balaban J connectivity index is 1.75. The SMILES string of the molecule is CCOc1cc(C=NNC(=O)C[n+]2c[nH]c3c2c(=O)n(C)c(=O)n3C)ccc1O. The average molecular weight is 401 g/mol. The van der Waals surface area contributed by atoms with E-state index in [1.165, 1.54) is 41.8 Å². The lowest BCUT2D eigenvalue weighted by Crippen LogP contribution is -2.46. The van der Waals surface area contributed by atoms with Crippen LogP contribution in [0.2, 0.25) is 0 Å². The smallest absolute Gasteiger partial charge is 0.333 e. The predicted octanol–water partition coefficient (Wildman–Crippen LogP) is -0.893. The van der Waals surface area contributed by atoms with E-state index in [0.717, 1.165) is 4.57 Å². The molecule has 0 saturated carbocycles. The van der Waals surface area contributed by atoms with Gasteiger partial charge in [0.2, 0.25) is 6.33 Å². The number of fused-ring (bicyclic) bond motifs is 1. The second-order valence-corrected chi connectivity index (χ2v) is 6.26. The first-order chi connectivity index (χ1) is 13.8. The fourth-order valence-electron chi connectivity index (χ4n) is 2.83. The zero-order chi connectivity index (χ0) is 21.1. The summed E-state index contributed by atoms with van der Waals surface area (Å²) in [6, 6.07) is 4.68. The second kappa shape index (κ2) is 8.00. The molecule has 0 radical (unpaired) electrons. The van der Waals surface area contributed by atoms with Crippen LogP contribution in [0.1, 0.15) is 12.5 Å². The number of aromatic nitrogens is 4. The predicted molar refractivity (Wildman–Crippen MR) is 104 cm³/mol. The van der Waals surface area contributed by atoms with E-state index in [1.807, 2.05) is 0 Å². The molecule has 3 rings (SSSR count). The number of benzene rings is 1. The van der Waals surface area contributed by atoms with E-state index < -0.39 is 17.2 Å². The Hall–Kier alpha value is -3.89. The summed E-state index contributed by atoms with van der Waals surface area (Å²) in [4.78, 5) is 39.4. The number of hydrogen-bond acceptors (Lipinski definition) is 6. The number of amides is 1. The molecule has 2 aromatic heterocycles. The van der Waals surface area contributed by atoms with Gasteiger partial charge in [0, 0.05) is 14.1 Å². The van der Waals surface area contributed by atoms with Gasteiger partial charge in [0.05, 0.1) is 12.8 Å². The maximum Gasteiger partial charge on any atom is 0.333 e. The van der Waals surface area contributed by atoms with Crippen LogP contribution in [0.5, 0.6) is 11.5 Å². The van der Waals surface area contributed by atoms with Gasteiger partial charge in [-0.25, -0.2) is 19.8 Å². The minimum atomic E-state index is -0.506. The number of carbonyl (C=O) groups excluding carboxylic acids is 1. The van der Waals surface area contributed by atoms with Crippen LogP contribution in [-0.4, -0.2) is 38.0 Å². The van der Waals surface area contributed by atoms with E-state index in [0.29, 0.717) is 23.6 Å². The third kappa shape index (κ3) is 3.88. The Labute approximate surface area is 164 Å². The van der Waals surface area contributed by atoms with Crippen LogP contribution in [-0.2, 0) is 25.4 Å². The van der Waals surface area contributed by atoms with Gasteiger partial charge in [-0.15, -0.1) is 0 Å². The van der Waals surface area contributed by atoms with Crippen molar-refractivity contribution in [2.24, 2.45) is 19.2 Å². The number of aryl methyl sites for hydroxylation is 1. The number of H-pyrrole nitrogens is 1. The monoisotopic (exact) mass is 401 g/mol. The van der Waals surface area contributed by atoms with Gasteiger partial charge in [0.1, 0.15) is 0 Å². The normalized spacial score (nSPS) is 11.3. The molecule has 0 bridgehead atoms. The number of ether oxygens (including phenoxy) is 1. The standard InChI is InChI=1S/C18H20N6O5/c1-4-29-13-7-11(5-6-12(13)25)8-20-21-14(26)9-24-10-19-16-15(24)17(27)23(3)18(28)22(16)2/h5-8,10H,4,9H2,1-3H3,(H2,20,21,25,26)/p+1. The van der Waals surface area contributed by atoms with E-state index in [2.05, 4.69) is 15.5 Å². The lowest BCUT2D eigenvalue weighted by Gasteiger charge is -2.06. The molecule has 0 aliphatic heterocycles. The number of aromatic hydroxyl groups is 1. The first-order valence-electron chi connectivity index (χ1n) is 8.77. The highest BCUT2D eigenvalue weighted by Gasteiger charge is 2.21. The highest BCUT2D eigenvalue weighted by molar-refractivity contribution is 5.83. The molecular formula is C18H21N6O5+. The van der Waals surface area contributed by atoms with Crippen LogP contribution in [0.25, 0.3) is 11.2 Å². The number of hydrogen-bond donors (Lipinski definition) is 3. The summed E-state index contributed by atoms with van der Waals surface area (Å²) in [5, 5.41) is 13.6. The van der Waals surface area contributed by atoms with Gasteiger partial charge in [-0.2, -0.15) is 5.10 Å². The van der Waals surface area contributed by atoms with Crippen LogP contribution in [0.15, 0.2) is 39.2 Å². The fraction of sp³-hybridized carbons (Fsp3) is 0.278. The molecule has 0 aliphatic rings. The van der Waals surface area contributed by atoms with E-state index >= 15 is 0 Å². The molecule has 0 unspecified atom stereocenters. The second-order valence-electron chi connectivity index (χ2n) is 6.26. The summed E-state index contributed by atoms with van der Waals surface area (Å²) in [7, 11) is 2.91. The van der Waals surface area contributed by atoms with Crippen LogP contribution in [0.3, 0.4) is 0 Å². The van der Waals surface area contributed by atoms with Crippen molar-refractivity contribution >= 4 is 23.3 Å². The minimum absolute atomic E-state index is 0.0137. The summed E-state index contributed by atoms with van der Waals surface area (Å²) in [5.41, 5.74) is 2.55. The average Bonchev–Trinajstić information content (AvgIpc) is 3.11. The molecule has 3 N–H and O–H groups in total. The highest BCUT2D eigenvalue weighted by Crippen LogP contribution is 2.26. The van der Waals surface area contributed by atoms with Crippen LogP contribution < -0.4 is 26.0 Å². The lowest BCUT2D eigenvalue weighted by atomic mass is 10.2. The molecule has 0 aliphatic carbocycles. The van der Waals surface area contributed by atoms with Crippen LogP contribution >= 0.6 is 0 Å². The van der Waals surface area contributed by atoms with Gasteiger partial charge in [-0.1, -0.05) is 0 Å². The topological polar surface area (TPSA) is 135 Å². The Morgan fingerprint density at radius 3 is 2.83 bits per heavy atom. The molecule has 3 aromatic rings. The highest BCUT2D eigenvalue weighted by atomic mass is 16.5. The molecule has 0 saturated heterocycles. The van der Waals surface area contributed by atoms with E-state index in [1.54, 1.807) is 19.1 Å². The van der Waals surface area contributed by atoms with Gasteiger partial charge in [0.15, 0.2) is 18.0 Å². The van der Waals surface area contributed by atoms with Gasteiger partial charge < -0.3 is 9.84 Å². The molecule has 0 fully saturated rings. The lowest BCUT2D eigenvalue weighted by molar-refractivity contribution is -0.659. The first-order valence-corrected chi connectivity index (χ1v) is 8.77. The molecule has 0 spiro atoms. The Kier molecular flexibility index (Phi) is 5.48. The first kappa shape index (κ1) is 19.9. The number of carbonyl (C=O) groups is 1. The summed E-state index contributed by atoms with van der Waals surface area (Å²) < 4.78 is 8.98. The van der Waals surface area contributed by atoms with E-state index in [-0.39, 0.29) is 17.8 Å². The fourth-order valence-corrected chi connectivity index (χ4v) is 2.83. The third-order valence-corrected chi connectivity index (χ3v) is 4.29. The number of phenols is 1. The van der Waals surface area contributed by atoms with Crippen molar-refractivity contribution in [2.75, 3.05) is 6.61 Å². The molecule has 1 aromatic carbocycles. The molecule has 1 amide bonds. The number of hydrazone groups is 1. The van der Waals surface area contributed by atoms with Crippen LogP contribution in [0, 0.1) is 0 Å². The van der Waals surface area contributed by atoms with Gasteiger partial charge in [-0.3, -0.25) is 18.7 Å². The zero-order valence-corrected chi connectivity index (χ0v) is 16.2. The Bertz CT molecular complexity index is 1220. The van der Waals surface area contributed by atoms with Crippen molar-refractivity contribution in [2.45, 2.75) is 13.5 Å². The van der Waals surface area contributed by atoms with Crippen molar-refractivity contribution in [1.29, 1.82) is 0 Å².